The van der Waals surface area contributed by atoms with E-state index < -0.39 is 0 Å². The third-order valence-electron chi connectivity index (χ3n) is 5.68. The summed E-state index contributed by atoms with van der Waals surface area (Å²) in [4.78, 5) is 53.0. The van der Waals surface area contributed by atoms with Crippen LogP contribution in [0.15, 0.2) is 27.4 Å². The van der Waals surface area contributed by atoms with Gasteiger partial charge in [0.15, 0.2) is 0 Å². The fourth-order valence-electron chi connectivity index (χ4n) is 4.06. The molecule has 1 aliphatic rings. The van der Waals surface area contributed by atoms with Crippen molar-refractivity contribution in [3.05, 3.63) is 54.7 Å². The summed E-state index contributed by atoms with van der Waals surface area (Å²) in [6, 6.07) is 1.79. The van der Waals surface area contributed by atoms with E-state index in [0.29, 0.717) is 16.0 Å². The van der Waals surface area contributed by atoms with Crippen LogP contribution in [0.2, 0.25) is 0 Å². The van der Waals surface area contributed by atoms with Crippen molar-refractivity contribution in [3.63, 3.8) is 0 Å². The van der Waals surface area contributed by atoms with Gasteiger partial charge < -0.3 is 9.88 Å². The monoisotopic (exact) mass is 455 g/mol. The fourth-order valence-corrected chi connectivity index (χ4v) is 6.00. The molecule has 0 saturated heterocycles. The minimum absolute atomic E-state index is 0.0613. The normalized spacial score (nSPS) is 13.6. The van der Waals surface area contributed by atoms with Crippen molar-refractivity contribution in [2.24, 2.45) is 0 Å². The predicted molar refractivity (Wildman–Crippen MR) is 122 cm³/mol. The van der Waals surface area contributed by atoms with Crippen molar-refractivity contribution < 1.29 is 4.79 Å². The highest BCUT2D eigenvalue weighted by Crippen LogP contribution is 2.33. The van der Waals surface area contributed by atoms with Gasteiger partial charge in [-0.3, -0.25) is 19.0 Å². The number of H-pyrrole nitrogens is 1. The zero-order valence-electron chi connectivity index (χ0n) is 17.0. The van der Waals surface area contributed by atoms with E-state index in [-0.39, 0.29) is 36.5 Å². The van der Waals surface area contributed by atoms with Crippen molar-refractivity contribution in [2.75, 3.05) is 7.05 Å². The minimum atomic E-state index is -0.194. The molecule has 0 spiro atoms. The third kappa shape index (κ3) is 3.70. The molecule has 0 saturated carbocycles. The van der Waals surface area contributed by atoms with Crippen molar-refractivity contribution in [1.29, 1.82) is 0 Å². The number of hydrogen-bond acceptors (Lipinski definition) is 7. The maximum atomic E-state index is 13.0. The first-order chi connectivity index (χ1) is 15.0. The molecule has 0 radical (unpaired) electrons. The molecule has 0 bridgehead atoms. The number of nitrogens with one attached hydrogen (secondary N) is 1. The molecule has 0 fully saturated rings. The maximum Gasteiger partial charge on any atom is 0.268 e. The molecular weight excluding hydrogens is 434 g/mol. The fraction of sp³-hybridized carbons (Fsp3) is 0.381. The maximum absolute atomic E-state index is 13.0. The molecule has 0 aromatic carbocycles. The molecular formula is C21H21N5O3S2. The molecule has 10 heteroatoms. The number of aromatic amines is 1. The van der Waals surface area contributed by atoms with Gasteiger partial charge in [0.1, 0.15) is 15.4 Å². The quantitative estimate of drug-likeness (QED) is 0.499. The predicted octanol–water partition coefficient (Wildman–Crippen LogP) is 2.68. The van der Waals surface area contributed by atoms with E-state index in [4.69, 9.17) is 0 Å². The SMILES string of the molecule is CN(Cc1nc2ccsc2c(=O)[nH]1)C(=O)CCn1cnc2sc3c(c2c1=O)CCCC3. The molecule has 0 unspecified atom stereocenters. The summed E-state index contributed by atoms with van der Waals surface area (Å²) >= 11 is 2.96. The number of rotatable bonds is 5. The van der Waals surface area contributed by atoms with Gasteiger partial charge in [-0.05, 0) is 42.7 Å². The lowest BCUT2D eigenvalue weighted by Gasteiger charge is -2.17. The number of hydrogen-bond donors (Lipinski definition) is 1. The van der Waals surface area contributed by atoms with Gasteiger partial charge in [-0.25, -0.2) is 9.97 Å². The number of aromatic nitrogens is 4. The minimum Gasteiger partial charge on any atom is -0.338 e. The molecule has 8 nitrogen and oxygen atoms in total. The largest absolute Gasteiger partial charge is 0.338 e. The zero-order chi connectivity index (χ0) is 21.5. The standard InChI is InChI=1S/C21H21N5O3S2/c1-25(10-15-23-13-7-9-30-18(13)19(28)24-15)16(27)6-8-26-11-22-20-17(21(26)29)12-4-2-3-5-14(12)31-20/h7,9,11H,2-6,8,10H2,1H3,(H,23,24,28). The van der Waals surface area contributed by atoms with Gasteiger partial charge in [0.2, 0.25) is 5.91 Å². The summed E-state index contributed by atoms with van der Waals surface area (Å²) in [6.45, 7) is 0.465. The number of fused-ring (bicyclic) bond motifs is 4. The summed E-state index contributed by atoms with van der Waals surface area (Å²) in [5, 5.41) is 2.55. The number of carbonyl (C=O) groups is 1. The van der Waals surface area contributed by atoms with Crippen LogP contribution in [0.5, 0.6) is 0 Å². The molecule has 4 aromatic rings. The second kappa shape index (κ2) is 8.01. The van der Waals surface area contributed by atoms with Crippen LogP contribution in [-0.2, 0) is 30.7 Å². The average Bonchev–Trinajstić information content (AvgIpc) is 3.38. The molecule has 4 heterocycles. The van der Waals surface area contributed by atoms with Gasteiger partial charge >= 0.3 is 0 Å². The van der Waals surface area contributed by atoms with Crippen LogP contribution in [0.4, 0.5) is 0 Å². The van der Waals surface area contributed by atoms with Crippen LogP contribution in [0.25, 0.3) is 20.4 Å². The van der Waals surface area contributed by atoms with E-state index in [1.54, 1.807) is 30.8 Å². The van der Waals surface area contributed by atoms with Crippen molar-refractivity contribution in [2.45, 2.75) is 45.2 Å². The van der Waals surface area contributed by atoms with E-state index in [1.165, 1.54) is 25.7 Å². The molecule has 31 heavy (non-hydrogen) atoms. The smallest absolute Gasteiger partial charge is 0.268 e. The molecule has 4 aromatic heterocycles. The lowest BCUT2D eigenvalue weighted by atomic mass is 9.97. The number of thiophene rings is 2. The van der Waals surface area contributed by atoms with E-state index in [0.717, 1.165) is 41.5 Å². The molecule has 5 rings (SSSR count). The van der Waals surface area contributed by atoms with Crippen LogP contribution in [-0.4, -0.2) is 37.4 Å². The number of amides is 1. The molecule has 160 valence electrons. The van der Waals surface area contributed by atoms with Gasteiger partial charge in [0.05, 0.1) is 23.8 Å². The average molecular weight is 456 g/mol. The Labute approximate surface area is 185 Å². The van der Waals surface area contributed by atoms with Gasteiger partial charge in [-0.2, -0.15) is 0 Å². The second-order valence-electron chi connectivity index (χ2n) is 7.78. The van der Waals surface area contributed by atoms with Crippen LogP contribution < -0.4 is 11.1 Å². The molecule has 1 aliphatic carbocycles. The highest BCUT2D eigenvalue weighted by atomic mass is 32.1. The first kappa shape index (κ1) is 20.1. The Morgan fingerprint density at radius 3 is 3.00 bits per heavy atom. The van der Waals surface area contributed by atoms with E-state index in [9.17, 15) is 14.4 Å². The van der Waals surface area contributed by atoms with Crippen LogP contribution >= 0.6 is 22.7 Å². The molecule has 1 amide bonds. The summed E-state index contributed by atoms with van der Waals surface area (Å²) < 4.78 is 2.11. The van der Waals surface area contributed by atoms with E-state index in [2.05, 4.69) is 15.0 Å². The number of carbonyl (C=O) groups excluding carboxylic acids is 1. The Bertz CT molecular complexity index is 1410. The van der Waals surface area contributed by atoms with E-state index >= 15 is 0 Å². The van der Waals surface area contributed by atoms with Crippen LogP contribution in [0.3, 0.4) is 0 Å². The Balaban J connectivity index is 1.30. The van der Waals surface area contributed by atoms with Crippen molar-refractivity contribution in [1.82, 2.24) is 24.4 Å². The highest BCUT2D eigenvalue weighted by molar-refractivity contribution is 7.18. The first-order valence-corrected chi connectivity index (χ1v) is 11.9. The topological polar surface area (TPSA) is 101 Å². The summed E-state index contributed by atoms with van der Waals surface area (Å²) in [7, 11) is 1.67. The van der Waals surface area contributed by atoms with Gasteiger partial charge in [0, 0.05) is 24.9 Å². The van der Waals surface area contributed by atoms with Gasteiger partial charge in [0.25, 0.3) is 11.1 Å². The van der Waals surface area contributed by atoms with Crippen molar-refractivity contribution in [3.8, 4) is 0 Å². The van der Waals surface area contributed by atoms with Crippen molar-refractivity contribution >= 4 is 49.0 Å². The first-order valence-electron chi connectivity index (χ1n) is 10.2. The van der Waals surface area contributed by atoms with Gasteiger partial charge in [-0.15, -0.1) is 22.7 Å². The Morgan fingerprint density at radius 1 is 1.29 bits per heavy atom. The lowest BCUT2D eigenvalue weighted by Crippen LogP contribution is -2.30. The third-order valence-corrected chi connectivity index (χ3v) is 7.79. The zero-order valence-corrected chi connectivity index (χ0v) is 18.6. The second-order valence-corrected chi connectivity index (χ2v) is 9.78. The Hall–Kier alpha value is -2.85. The number of nitrogens with zero attached hydrogens (tertiary/aromatic N) is 4. The summed E-state index contributed by atoms with van der Waals surface area (Å²) in [5.74, 6) is 0.310. The summed E-state index contributed by atoms with van der Waals surface area (Å²) in [6.07, 6.45) is 5.92. The van der Waals surface area contributed by atoms with E-state index in [1.807, 2.05) is 5.38 Å². The highest BCUT2D eigenvalue weighted by Gasteiger charge is 2.20. The van der Waals surface area contributed by atoms with Crippen LogP contribution in [0.1, 0.15) is 35.5 Å². The lowest BCUT2D eigenvalue weighted by molar-refractivity contribution is -0.130. The summed E-state index contributed by atoms with van der Waals surface area (Å²) in [5.41, 5.74) is 1.53. The molecule has 1 N–H and O–H groups in total. The Morgan fingerprint density at radius 2 is 2.13 bits per heavy atom. The van der Waals surface area contributed by atoms with Gasteiger partial charge in [-0.1, -0.05) is 0 Å². The number of aryl methyl sites for hydroxylation is 3. The van der Waals surface area contributed by atoms with Crippen LogP contribution in [0, 0.1) is 0 Å². The Kier molecular flexibility index (Phi) is 5.19. The molecule has 0 atom stereocenters. The molecule has 0 aliphatic heterocycles.